The molecule has 2 aromatic rings. The molecular weight excluding hydrogens is 350 g/mol. The summed E-state index contributed by atoms with van der Waals surface area (Å²) in [6, 6.07) is 5.24. The first-order valence-corrected chi connectivity index (χ1v) is 10.0. The van der Waals surface area contributed by atoms with Crippen molar-refractivity contribution in [3.63, 3.8) is 0 Å². The molecule has 0 saturated heterocycles. The number of rotatable bonds is 5. The number of hydrogen-bond acceptors (Lipinski definition) is 4. The number of aliphatic imine (C=N–C) groups is 1. The quantitative estimate of drug-likeness (QED) is 0.577. The largest absolute Gasteiger partial charge is 0.296 e. The first-order valence-electron chi connectivity index (χ1n) is 10.0. The van der Waals surface area contributed by atoms with Crippen LogP contribution < -0.4 is 5.56 Å². The number of fused-ring (bicyclic) bond motifs is 2. The summed E-state index contributed by atoms with van der Waals surface area (Å²) in [5.74, 6) is 0.470. The molecule has 28 heavy (non-hydrogen) atoms. The maximum atomic E-state index is 13.0. The average Bonchev–Trinajstić information content (AvgIpc) is 2.67. The van der Waals surface area contributed by atoms with Crippen molar-refractivity contribution in [2.75, 3.05) is 6.54 Å². The number of hydrogen-bond donors (Lipinski definition) is 0. The Bertz CT molecular complexity index is 1030. The Morgan fingerprint density at radius 3 is 2.82 bits per heavy atom. The molecule has 5 heteroatoms. The van der Waals surface area contributed by atoms with Gasteiger partial charge in [-0.2, -0.15) is 0 Å². The van der Waals surface area contributed by atoms with E-state index in [2.05, 4.69) is 18.8 Å². The van der Waals surface area contributed by atoms with E-state index in [1.54, 1.807) is 22.8 Å². The molecule has 1 aliphatic rings. The summed E-state index contributed by atoms with van der Waals surface area (Å²) in [4.78, 5) is 35.2. The Balaban J connectivity index is 2.02. The van der Waals surface area contributed by atoms with Gasteiger partial charge in [-0.05, 0) is 50.8 Å². The van der Waals surface area contributed by atoms with Gasteiger partial charge >= 0.3 is 0 Å². The predicted molar refractivity (Wildman–Crippen MR) is 114 cm³/mol. The average molecular weight is 380 g/mol. The van der Waals surface area contributed by atoms with Gasteiger partial charge in [0.15, 0.2) is 5.78 Å². The fourth-order valence-electron chi connectivity index (χ4n) is 3.80. The number of benzene rings is 1. The highest BCUT2D eigenvalue weighted by Gasteiger charge is 2.28. The number of Topliss-reactive ketones (excluding diaryl/α,β-unsaturated/α-hetero) is 1. The summed E-state index contributed by atoms with van der Waals surface area (Å²) in [6.45, 7) is 11.4. The van der Waals surface area contributed by atoms with Crippen LogP contribution in [0.1, 0.15) is 57.2 Å². The predicted octanol–water partition coefficient (Wildman–Crippen LogP) is 4.22. The van der Waals surface area contributed by atoms with Gasteiger partial charge in [0.25, 0.3) is 5.56 Å². The van der Waals surface area contributed by atoms with E-state index in [4.69, 9.17) is 4.98 Å². The van der Waals surface area contributed by atoms with E-state index in [0.29, 0.717) is 29.6 Å². The molecule has 1 aromatic carbocycles. The summed E-state index contributed by atoms with van der Waals surface area (Å²) < 4.78 is 1.80. The van der Waals surface area contributed by atoms with Crippen molar-refractivity contribution in [2.24, 2.45) is 16.3 Å². The maximum absolute atomic E-state index is 13.0. The fraction of sp³-hybridized carbons (Fsp3) is 0.478. The van der Waals surface area contributed by atoms with E-state index < -0.39 is 0 Å². The van der Waals surface area contributed by atoms with Crippen LogP contribution in [-0.4, -0.2) is 27.6 Å². The van der Waals surface area contributed by atoms with Crippen LogP contribution in [0.3, 0.4) is 0 Å². The molecule has 0 bridgehead atoms. The summed E-state index contributed by atoms with van der Waals surface area (Å²) >= 11 is 0. The van der Waals surface area contributed by atoms with Crippen molar-refractivity contribution in [3.8, 4) is 0 Å². The zero-order valence-electron chi connectivity index (χ0n) is 17.5. The van der Waals surface area contributed by atoms with Crippen LogP contribution in [0, 0.1) is 11.3 Å². The maximum Gasteiger partial charge on any atom is 0.261 e. The Morgan fingerprint density at radius 1 is 1.39 bits per heavy atom. The van der Waals surface area contributed by atoms with Crippen molar-refractivity contribution in [2.45, 2.75) is 54.0 Å². The van der Waals surface area contributed by atoms with Crippen LogP contribution in [0.5, 0.6) is 0 Å². The van der Waals surface area contributed by atoms with Gasteiger partial charge in [-0.15, -0.1) is 0 Å². The number of aromatic nitrogens is 2. The lowest BCUT2D eigenvalue weighted by molar-refractivity contribution is 0.0962. The summed E-state index contributed by atoms with van der Waals surface area (Å²) in [6.07, 6.45) is 5.56. The second-order valence-corrected chi connectivity index (χ2v) is 8.30. The first kappa shape index (κ1) is 20.2. The van der Waals surface area contributed by atoms with Crippen molar-refractivity contribution in [3.05, 3.63) is 52.1 Å². The van der Waals surface area contributed by atoms with Gasteiger partial charge in [0, 0.05) is 30.8 Å². The van der Waals surface area contributed by atoms with E-state index >= 15 is 0 Å². The molecule has 1 unspecified atom stereocenters. The van der Waals surface area contributed by atoms with Crippen LogP contribution in [-0.2, 0) is 13.0 Å². The topological polar surface area (TPSA) is 64.3 Å². The highest BCUT2D eigenvalue weighted by molar-refractivity contribution is 6.16. The minimum atomic E-state index is -0.340. The van der Waals surface area contributed by atoms with Crippen molar-refractivity contribution in [1.29, 1.82) is 0 Å². The molecule has 5 nitrogen and oxygen atoms in total. The molecule has 1 aromatic heterocycles. The smallest absolute Gasteiger partial charge is 0.261 e. The van der Waals surface area contributed by atoms with Crippen LogP contribution in [0.15, 0.2) is 40.1 Å². The molecule has 2 heterocycles. The molecule has 3 rings (SSSR count). The molecule has 1 atom stereocenters. The monoisotopic (exact) mass is 379 g/mol. The normalized spacial score (nSPS) is 17.7. The van der Waals surface area contributed by atoms with Crippen LogP contribution in [0.25, 0.3) is 10.9 Å². The molecule has 0 N–H and O–H groups in total. The van der Waals surface area contributed by atoms with E-state index in [1.807, 2.05) is 32.9 Å². The van der Waals surface area contributed by atoms with Gasteiger partial charge < -0.3 is 0 Å². The van der Waals surface area contributed by atoms with Gasteiger partial charge in [-0.3, -0.25) is 19.1 Å². The third-order valence-electron chi connectivity index (χ3n) is 5.45. The molecule has 0 aliphatic carbocycles. The van der Waals surface area contributed by atoms with Gasteiger partial charge in [0.1, 0.15) is 5.82 Å². The summed E-state index contributed by atoms with van der Waals surface area (Å²) in [7, 11) is 0. The highest BCUT2D eigenvalue weighted by atomic mass is 16.1. The lowest BCUT2D eigenvalue weighted by Crippen LogP contribution is -2.36. The zero-order valence-corrected chi connectivity index (χ0v) is 17.5. The van der Waals surface area contributed by atoms with Crippen LogP contribution in [0.4, 0.5) is 0 Å². The first-order chi connectivity index (χ1) is 13.3. The number of carbonyl (C=O) groups excluding carboxylic acids is 1. The Hall–Kier alpha value is -2.56. The number of allylic oxidation sites excluding steroid dienone is 2. The Labute approximate surface area is 166 Å². The SMILES string of the molecule is C/C=C\C(=NCC)C(C)C(=O)c1ccc2c(=O)n3c(nc2c1)CCC(C)(C)C3. The van der Waals surface area contributed by atoms with Gasteiger partial charge in [-0.25, -0.2) is 4.98 Å². The lowest BCUT2D eigenvalue weighted by Gasteiger charge is -2.31. The van der Waals surface area contributed by atoms with E-state index in [-0.39, 0.29) is 22.7 Å². The number of aryl methyl sites for hydroxylation is 1. The Kier molecular flexibility index (Phi) is 5.64. The molecule has 0 amide bonds. The zero-order chi connectivity index (χ0) is 20.5. The van der Waals surface area contributed by atoms with Crippen LogP contribution >= 0.6 is 0 Å². The summed E-state index contributed by atoms with van der Waals surface area (Å²) in [5, 5.41) is 0.571. The van der Waals surface area contributed by atoms with E-state index in [1.165, 1.54) is 0 Å². The van der Waals surface area contributed by atoms with Gasteiger partial charge in [0.05, 0.1) is 16.8 Å². The second kappa shape index (κ2) is 7.82. The van der Waals surface area contributed by atoms with Crippen molar-refractivity contribution < 1.29 is 4.79 Å². The summed E-state index contributed by atoms with van der Waals surface area (Å²) in [5.41, 5.74) is 2.03. The molecule has 1 aliphatic heterocycles. The van der Waals surface area contributed by atoms with Gasteiger partial charge in [0.2, 0.25) is 0 Å². The third-order valence-corrected chi connectivity index (χ3v) is 5.45. The van der Waals surface area contributed by atoms with E-state index in [9.17, 15) is 9.59 Å². The lowest BCUT2D eigenvalue weighted by atomic mass is 9.85. The minimum Gasteiger partial charge on any atom is -0.296 e. The minimum absolute atomic E-state index is 0.00652. The number of nitrogens with zero attached hydrogens (tertiary/aromatic N) is 3. The number of ketones is 1. The van der Waals surface area contributed by atoms with Gasteiger partial charge in [-0.1, -0.05) is 26.0 Å². The molecular formula is C23H29N3O2. The Morgan fingerprint density at radius 2 is 2.14 bits per heavy atom. The second-order valence-electron chi connectivity index (χ2n) is 8.30. The molecule has 0 radical (unpaired) electrons. The number of carbonyl (C=O) groups is 1. The molecule has 0 spiro atoms. The van der Waals surface area contributed by atoms with Crippen molar-refractivity contribution in [1.82, 2.24) is 9.55 Å². The third kappa shape index (κ3) is 3.84. The molecule has 0 fully saturated rings. The van der Waals surface area contributed by atoms with Crippen molar-refractivity contribution >= 4 is 22.4 Å². The molecule has 0 saturated carbocycles. The van der Waals surface area contributed by atoms with Crippen LogP contribution in [0.2, 0.25) is 0 Å². The molecule has 148 valence electrons. The standard InChI is InChI=1S/C23H29N3O2/c1-6-8-18(24-7-2)15(3)21(27)16-9-10-17-19(13-16)25-20-11-12-23(4,5)14-26(20)22(17)28/h6,8-10,13,15H,7,11-12,14H2,1-5H3/b8-6-,24-18?. The van der Waals surface area contributed by atoms with E-state index in [0.717, 1.165) is 24.4 Å². The highest BCUT2D eigenvalue weighted by Crippen LogP contribution is 2.29. The fourth-order valence-corrected chi connectivity index (χ4v) is 3.80.